The first-order valence-electron chi connectivity index (χ1n) is 8.03. The predicted octanol–water partition coefficient (Wildman–Crippen LogP) is 2.87. The third kappa shape index (κ3) is 2.40. The second-order valence-corrected chi connectivity index (χ2v) is 7.24. The van der Waals surface area contributed by atoms with Gasteiger partial charge in [0.2, 0.25) is 12.0 Å². The lowest BCUT2D eigenvalue weighted by Crippen LogP contribution is -2.43. The first-order valence-corrected chi connectivity index (χ1v) is 8.82. The minimum absolute atomic E-state index is 0.0316. The molecule has 6 heteroatoms. The first kappa shape index (κ1) is 14.9. The number of oxime groups is 1. The molecule has 2 heterocycles. The van der Waals surface area contributed by atoms with E-state index in [2.05, 4.69) is 21.1 Å². The number of carbonyl (C=O) groups is 2. The van der Waals surface area contributed by atoms with Crippen molar-refractivity contribution < 1.29 is 14.4 Å². The maximum absolute atomic E-state index is 12.9. The van der Waals surface area contributed by atoms with Crippen LogP contribution in [0.4, 0.5) is 0 Å². The summed E-state index contributed by atoms with van der Waals surface area (Å²) in [4.78, 5) is 32.3. The van der Waals surface area contributed by atoms with Crippen LogP contribution in [0.3, 0.4) is 0 Å². The van der Waals surface area contributed by atoms with Crippen LogP contribution in [-0.4, -0.2) is 34.6 Å². The molecule has 1 aliphatic carbocycles. The molecular weight excluding hydrogens is 360 g/mol. The Labute approximate surface area is 142 Å². The summed E-state index contributed by atoms with van der Waals surface area (Å²) in [5.41, 5.74) is 1.39. The van der Waals surface area contributed by atoms with Crippen molar-refractivity contribution >= 4 is 33.5 Å². The van der Waals surface area contributed by atoms with Gasteiger partial charge in [0.05, 0.1) is 0 Å². The van der Waals surface area contributed by atoms with Crippen LogP contribution >= 0.6 is 15.9 Å². The summed E-state index contributed by atoms with van der Waals surface area (Å²) in [7, 11) is 0. The van der Waals surface area contributed by atoms with Crippen molar-refractivity contribution in [3.05, 3.63) is 34.3 Å². The molecule has 0 bridgehead atoms. The van der Waals surface area contributed by atoms with E-state index < -0.39 is 12.0 Å². The molecule has 3 aliphatic rings. The van der Waals surface area contributed by atoms with Gasteiger partial charge in [-0.25, -0.2) is 0 Å². The standard InChI is InChI=1S/C17H17BrN2O3/c18-11-8-6-10(7-9-11)14-13-15(23-19-14)17(22)20(16(13)21)12-4-2-1-3-5-12/h6-9,12-13,15H,1-5H2/t13-,15+/m0/s1. The molecule has 1 saturated carbocycles. The molecule has 2 fully saturated rings. The SMILES string of the molecule is O=C1[C@H]2C(c3ccc(Br)cc3)=NO[C@H]2C(=O)N1C1CCCCC1. The molecule has 5 nitrogen and oxygen atoms in total. The summed E-state index contributed by atoms with van der Waals surface area (Å²) in [5, 5.41) is 4.03. The number of amides is 2. The third-order valence-corrected chi connectivity index (χ3v) is 5.45. The van der Waals surface area contributed by atoms with E-state index in [1.807, 2.05) is 24.3 Å². The summed E-state index contributed by atoms with van der Waals surface area (Å²) in [6.07, 6.45) is 4.37. The summed E-state index contributed by atoms with van der Waals surface area (Å²) in [5.74, 6) is -0.959. The number of carbonyl (C=O) groups excluding carboxylic acids is 2. The first-order chi connectivity index (χ1) is 11.2. The topological polar surface area (TPSA) is 59.0 Å². The van der Waals surface area contributed by atoms with Crippen LogP contribution in [0.2, 0.25) is 0 Å². The van der Waals surface area contributed by atoms with E-state index in [9.17, 15) is 9.59 Å². The van der Waals surface area contributed by atoms with Gasteiger partial charge in [-0.15, -0.1) is 0 Å². The number of benzene rings is 1. The zero-order valence-corrected chi connectivity index (χ0v) is 14.2. The molecule has 0 aromatic heterocycles. The number of hydrogen-bond donors (Lipinski definition) is 0. The van der Waals surface area contributed by atoms with Gasteiger partial charge >= 0.3 is 0 Å². The zero-order chi connectivity index (χ0) is 16.0. The fraction of sp³-hybridized carbons (Fsp3) is 0.471. The molecule has 1 aromatic carbocycles. The highest BCUT2D eigenvalue weighted by molar-refractivity contribution is 9.10. The molecule has 0 spiro atoms. The second kappa shape index (κ2) is 5.74. The van der Waals surface area contributed by atoms with Crippen molar-refractivity contribution in [1.29, 1.82) is 0 Å². The number of imide groups is 1. The predicted molar refractivity (Wildman–Crippen MR) is 87.8 cm³/mol. The normalized spacial score (nSPS) is 27.9. The van der Waals surface area contributed by atoms with E-state index in [1.54, 1.807) is 0 Å². The Morgan fingerprint density at radius 2 is 1.74 bits per heavy atom. The Balaban J connectivity index is 1.62. The van der Waals surface area contributed by atoms with E-state index in [1.165, 1.54) is 11.3 Å². The molecule has 1 saturated heterocycles. The minimum Gasteiger partial charge on any atom is -0.381 e. The number of halogens is 1. The Morgan fingerprint density at radius 1 is 1.04 bits per heavy atom. The molecule has 2 aliphatic heterocycles. The maximum Gasteiger partial charge on any atom is 0.274 e. The van der Waals surface area contributed by atoms with Gasteiger partial charge < -0.3 is 4.84 Å². The average Bonchev–Trinajstić information content (AvgIpc) is 3.10. The summed E-state index contributed by atoms with van der Waals surface area (Å²) >= 11 is 3.39. The molecule has 1 aromatic rings. The highest BCUT2D eigenvalue weighted by atomic mass is 79.9. The van der Waals surface area contributed by atoms with Crippen LogP contribution < -0.4 is 0 Å². The molecular formula is C17H17BrN2O3. The van der Waals surface area contributed by atoms with Gasteiger partial charge in [-0.05, 0) is 25.0 Å². The van der Waals surface area contributed by atoms with Gasteiger partial charge in [0.15, 0.2) is 0 Å². The van der Waals surface area contributed by atoms with Crippen molar-refractivity contribution in [3.8, 4) is 0 Å². The number of fused-ring (bicyclic) bond motifs is 1. The fourth-order valence-corrected chi connectivity index (χ4v) is 4.02. The number of likely N-dealkylation sites (tertiary alicyclic amines) is 1. The largest absolute Gasteiger partial charge is 0.381 e. The Bertz CT molecular complexity index is 680. The molecule has 2 atom stereocenters. The smallest absolute Gasteiger partial charge is 0.274 e. The fourth-order valence-electron chi connectivity index (χ4n) is 3.76. The van der Waals surface area contributed by atoms with E-state index in [-0.39, 0.29) is 17.9 Å². The number of nitrogens with zero attached hydrogens (tertiary/aromatic N) is 2. The van der Waals surface area contributed by atoms with Crippen molar-refractivity contribution in [3.63, 3.8) is 0 Å². The lowest BCUT2D eigenvalue weighted by Gasteiger charge is -2.29. The van der Waals surface area contributed by atoms with Gasteiger partial charge in [-0.3, -0.25) is 14.5 Å². The summed E-state index contributed by atoms with van der Waals surface area (Å²) in [6, 6.07) is 7.59. The Morgan fingerprint density at radius 3 is 2.43 bits per heavy atom. The lowest BCUT2D eigenvalue weighted by molar-refractivity contribution is -0.145. The second-order valence-electron chi connectivity index (χ2n) is 6.33. The monoisotopic (exact) mass is 376 g/mol. The quantitative estimate of drug-likeness (QED) is 0.745. The molecule has 120 valence electrons. The van der Waals surface area contributed by atoms with Crippen molar-refractivity contribution in [2.75, 3.05) is 0 Å². The van der Waals surface area contributed by atoms with E-state index >= 15 is 0 Å². The summed E-state index contributed by atoms with van der Waals surface area (Å²) < 4.78 is 0.954. The van der Waals surface area contributed by atoms with Crippen molar-refractivity contribution in [1.82, 2.24) is 4.90 Å². The Kier molecular flexibility index (Phi) is 3.71. The highest BCUT2D eigenvalue weighted by Crippen LogP contribution is 2.36. The number of hydrogen-bond acceptors (Lipinski definition) is 4. The van der Waals surface area contributed by atoms with Crippen LogP contribution in [0.1, 0.15) is 37.7 Å². The van der Waals surface area contributed by atoms with Crippen molar-refractivity contribution in [2.45, 2.75) is 44.2 Å². The maximum atomic E-state index is 12.9. The molecule has 23 heavy (non-hydrogen) atoms. The Hall–Kier alpha value is -1.69. The summed E-state index contributed by atoms with van der Waals surface area (Å²) in [6.45, 7) is 0. The lowest BCUT2D eigenvalue weighted by atomic mass is 9.93. The molecule has 4 rings (SSSR count). The van der Waals surface area contributed by atoms with Gasteiger partial charge in [-0.1, -0.05) is 52.5 Å². The van der Waals surface area contributed by atoms with Crippen LogP contribution in [0.25, 0.3) is 0 Å². The van der Waals surface area contributed by atoms with Crippen LogP contribution in [-0.2, 0) is 14.4 Å². The number of rotatable bonds is 2. The van der Waals surface area contributed by atoms with E-state index in [4.69, 9.17) is 4.84 Å². The van der Waals surface area contributed by atoms with Gasteiger partial charge in [0, 0.05) is 16.1 Å². The minimum atomic E-state index is -0.775. The highest BCUT2D eigenvalue weighted by Gasteiger charge is 2.57. The van der Waals surface area contributed by atoms with Crippen LogP contribution in [0, 0.1) is 5.92 Å². The van der Waals surface area contributed by atoms with Crippen LogP contribution in [0.15, 0.2) is 33.9 Å². The average molecular weight is 377 g/mol. The third-order valence-electron chi connectivity index (χ3n) is 4.93. The molecule has 2 amide bonds. The van der Waals surface area contributed by atoms with Gasteiger partial charge in [-0.2, -0.15) is 0 Å². The van der Waals surface area contributed by atoms with E-state index in [0.717, 1.165) is 35.7 Å². The van der Waals surface area contributed by atoms with Gasteiger partial charge in [0.1, 0.15) is 11.6 Å². The molecule has 0 unspecified atom stereocenters. The van der Waals surface area contributed by atoms with E-state index in [0.29, 0.717) is 5.71 Å². The van der Waals surface area contributed by atoms with Gasteiger partial charge in [0.25, 0.3) is 5.91 Å². The zero-order valence-electron chi connectivity index (χ0n) is 12.6. The van der Waals surface area contributed by atoms with Crippen molar-refractivity contribution in [2.24, 2.45) is 11.1 Å². The van der Waals surface area contributed by atoms with Crippen LogP contribution in [0.5, 0.6) is 0 Å². The molecule has 0 N–H and O–H groups in total. The molecule has 0 radical (unpaired) electrons.